The van der Waals surface area contributed by atoms with Gasteiger partial charge < -0.3 is 14.5 Å². The zero-order chi connectivity index (χ0) is 24.2. The van der Waals surface area contributed by atoms with Crippen LogP contribution in [0, 0.1) is 5.82 Å². The van der Waals surface area contributed by atoms with Crippen molar-refractivity contribution in [3.63, 3.8) is 0 Å². The van der Waals surface area contributed by atoms with Gasteiger partial charge in [0.2, 0.25) is 10.0 Å². The zero-order valence-electron chi connectivity index (χ0n) is 19.6. The Kier molecular flexibility index (Phi) is 8.23. The van der Waals surface area contributed by atoms with Gasteiger partial charge in [0, 0.05) is 38.3 Å². The van der Waals surface area contributed by atoms with E-state index in [-0.39, 0.29) is 28.8 Å². The first-order valence-electron chi connectivity index (χ1n) is 11.0. The minimum Gasteiger partial charge on any atom is -0.373 e. The molecular weight excluding hydrogens is 445 g/mol. The highest BCUT2D eigenvalue weighted by atomic mass is 32.2. The number of carbonyl (C=O) groups excluding carboxylic acids is 1. The average Bonchev–Trinajstić information content (AvgIpc) is 2.76. The lowest BCUT2D eigenvalue weighted by Crippen LogP contribution is -2.48. The van der Waals surface area contributed by atoms with Gasteiger partial charge in [-0.1, -0.05) is 12.1 Å². The van der Waals surface area contributed by atoms with Crippen molar-refractivity contribution >= 4 is 15.9 Å². The summed E-state index contributed by atoms with van der Waals surface area (Å²) < 4.78 is 46.5. The minimum absolute atomic E-state index is 0.152. The van der Waals surface area contributed by atoms with Crippen LogP contribution in [0.5, 0.6) is 0 Å². The maximum absolute atomic E-state index is 13.3. The number of rotatable bonds is 8. The van der Waals surface area contributed by atoms with E-state index in [0.29, 0.717) is 38.3 Å². The van der Waals surface area contributed by atoms with Gasteiger partial charge in [0.05, 0.1) is 17.1 Å². The second-order valence-electron chi connectivity index (χ2n) is 8.76. The highest BCUT2D eigenvalue weighted by molar-refractivity contribution is 7.89. The first-order valence-corrected chi connectivity index (χ1v) is 12.4. The van der Waals surface area contributed by atoms with Crippen LogP contribution < -0.4 is 0 Å². The maximum atomic E-state index is 13.3. The molecule has 0 aliphatic carbocycles. The summed E-state index contributed by atoms with van der Waals surface area (Å²) in [6.07, 6.45) is -0.359. The molecule has 2 aromatic carbocycles. The number of nitrogens with zero attached hydrogens (tertiary/aromatic N) is 3. The quantitative estimate of drug-likeness (QED) is 0.585. The predicted octanol–water partition coefficient (Wildman–Crippen LogP) is 2.83. The van der Waals surface area contributed by atoms with E-state index in [2.05, 4.69) is 0 Å². The van der Waals surface area contributed by atoms with E-state index in [1.165, 1.54) is 28.6 Å². The largest absolute Gasteiger partial charge is 0.373 e. The van der Waals surface area contributed by atoms with Crippen molar-refractivity contribution in [2.75, 3.05) is 40.3 Å². The van der Waals surface area contributed by atoms with Crippen LogP contribution in [0.4, 0.5) is 4.39 Å². The Morgan fingerprint density at radius 1 is 1.00 bits per heavy atom. The van der Waals surface area contributed by atoms with E-state index in [1.807, 2.05) is 32.8 Å². The van der Waals surface area contributed by atoms with E-state index in [9.17, 15) is 17.6 Å². The predicted molar refractivity (Wildman–Crippen MR) is 125 cm³/mol. The van der Waals surface area contributed by atoms with Crippen LogP contribution in [0.15, 0.2) is 53.4 Å². The summed E-state index contributed by atoms with van der Waals surface area (Å²) in [5.74, 6) is -0.537. The van der Waals surface area contributed by atoms with Crippen LogP contribution in [0.2, 0.25) is 0 Å². The first-order chi connectivity index (χ1) is 15.6. The molecule has 3 rings (SSSR count). The van der Waals surface area contributed by atoms with Gasteiger partial charge in [0.15, 0.2) is 0 Å². The Bertz CT molecular complexity index is 1030. The summed E-state index contributed by atoms with van der Waals surface area (Å²) in [6, 6.07) is 12.1. The molecule has 33 heavy (non-hydrogen) atoms. The van der Waals surface area contributed by atoms with Crippen molar-refractivity contribution in [3.05, 3.63) is 65.5 Å². The Balaban J connectivity index is 1.78. The topological polar surface area (TPSA) is 70.2 Å². The maximum Gasteiger partial charge on any atom is 0.254 e. The third kappa shape index (κ3) is 6.60. The van der Waals surface area contributed by atoms with Crippen molar-refractivity contribution in [2.24, 2.45) is 0 Å². The summed E-state index contributed by atoms with van der Waals surface area (Å²) in [4.78, 5) is 17.0. The Morgan fingerprint density at radius 2 is 1.58 bits per heavy atom. The molecule has 0 saturated carbocycles. The number of hydrogen-bond acceptors (Lipinski definition) is 5. The van der Waals surface area contributed by atoms with E-state index >= 15 is 0 Å². The second kappa shape index (κ2) is 10.7. The molecule has 1 amide bonds. The normalized spacial score (nSPS) is 19.6. The number of likely N-dealkylation sites (N-methyl/N-ethyl adjacent to an activating group) is 1. The molecule has 0 N–H and O–H groups in total. The molecule has 2 unspecified atom stereocenters. The molecule has 7 nitrogen and oxygen atoms in total. The standard InChI is InChI=1S/C24H32FN3O4S/c1-18-15-28(16-19(2)32-18)33(30,31)23-11-7-21(8-12-23)24(29)27(14-13-26(3)4)17-20-5-9-22(25)10-6-20/h5-12,18-19H,13-17H2,1-4H3. The lowest BCUT2D eigenvalue weighted by Gasteiger charge is -2.34. The summed E-state index contributed by atoms with van der Waals surface area (Å²) in [6.45, 7) is 5.76. The summed E-state index contributed by atoms with van der Waals surface area (Å²) in [5.41, 5.74) is 1.22. The monoisotopic (exact) mass is 477 g/mol. The van der Waals surface area contributed by atoms with Gasteiger partial charge in [-0.2, -0.15) is 4.31 Å². The third-order valence-corrected chi connectivity index (χ3v) is 7.36. The van der Waals surface area contributed by atoms with E-state index < -0.39 is 10.0 Å². The van der Waals surface area contributed by atoms with Crippen LogP contribution in [-0.2, 0) is 21.3 Å². The van der Waals surface area contributed by atoms with Crippen LogP contribution >= 0.6 is 0 Å². The lowest BCUT2D eigenvalue weighted by molar-refractivity contribution is -0.0440. The number of sulfonamides is 1. The number of benzene rings is 2. The molecule has 0 spiro atoms. The Morgan fingerprint density at radius 3 is 2.12 bits per heavy atom. The second-order valence-corrected chi connectivity index (χ2v) is 10.7. The van der Waals surface area contributed by atoms with Gasteiger partial charge in [-0.15, -0.1) is 0 Å². The lowest BCUT2D eigenvalue weighted by atomic mass is 10.1. The fraction of sp³-hybridized carbons (Fsp3) is 0.458. The fourth-order valence-electron chi connectivity index (χ4n) is 3.81. The van der Waals surface area contributed by atoms with Gasteiger partial charge in [-0.3, -0.25) is 4.79 Å². The molecule has 0 bridgehead atoms. The van der Waals surface area contributed by atoms with Crippen LogP contribution in [-0.4, -0.2) is 80.9 Å². The fourth-order valence-corrected chi connectivity index (χ4v) is 5.40. The number of halogens is 1. The molecule has 1 aliphatic heterocycles. The molecule has 1 fully saturated rings. The van der Waals surface area contributed by atoms with Crippen molar-refractivity contribution in [2.45, 2.75) is 37.5 Å². The Labute approximate surface area is 195 Å². The van der Waals surface area contributed by atoms with Crippen molar-refractivity contribution in [3.8, 4) is 0 Å². The number of carbonyl (C=O) groups is 1. The van der Waals surface area contributed by atoms with Gasteiger partial charge >= 0.3 is 0 Å². The molecule has 0 radical (unpaired) electrons. The molecule has 1 aliphatic rings. The van der Waals surface area contributed by atoms with Gasteiger partial charge in [0.1, 0.15) is 5.82 Å². The van der Waals surface area contributed by atoms with Crippen molar-refractivity contribution < 1.29 is 22.3 Å². The average molecular weight is 478 g/mol. The smallest absolute Gasteiger partial charge is 0.254 e. The molecule has 9 heteroatoms. The van der Waals surface area contributed by atoms with Crippen molar-refractivity contribution in [1.82, 2.24) is 14.1 Å². The highest BCUT2D eigenvalue weighted by Crippen LogP contribution is 2.22. The zero-order valence-corrected chi connectivity index (χ0v) is 20.4. The third-order valence-electron chi connectivity index (χ3n) is 5.52. The number of ether oxygens (including phenoxy) is 1. The van der Waals surface area contributed by atoms with Crippen LogP contribution in [0.3, 0.4) is 0 Å². The first kappa shape index (κ1) is 25.3. The van der Waals surface area contributed by atoms with Crippen LogP contribution in [0.1, 0.15) is 29.8 Å². The SMILES string of the molecule is CC1CN(S(=O)(=O)c2ccc(C(=O)N(CCN(C)C)Cc3ccc(F)cc3)cc2)CC(C)O1. The van der Waals surface area contributed by atoms with Crippen LogP contribution in [0.25, 0.3) is 0 Å². The number of morpholine rings is 1. The molecule has 180 valence electrons. The molecule has 2 aromatic rings. The molecule has 0 aromatic heterocycles. The van der Waals surface area contributed by atoms with E-state index in [0.717, 1.165) is 5.56 Å². The molecular formula is C24H32FN3O4S. The number of amides is 1. The van der Waals surface area contributed by atoms with E-state index in [1.54, 1.807) is 29.2 Å². The van der Waals surface area contributed by atoms with E-state index in [4.69, 9.17) is 4.74 Å². The highest BCUT2D eigenvalue weighted by Gasteiger charge is 2.32. The summed E-state index contributed by atoms with van der Waals surface area (Å²) in [7, 11) is 0.170. The summed E-state index contributed by atoms with van der Waals surface area (Å²) >= 11 is 0. The van der Waals surface area contributed by atoms with Gasteiger partial charge in [0.25, 0.3) is 5.91 Å². The van der Waals surface area contributed by atoms with Gasteiger partial charge in [-0.05, 0) is 69.9 Å². The molecule has 2 atom stereocenters. The summed E-state index contributed by atoms with van der Waals surface area (Å²) in [5, 5.41) is 0. The minimum atomic E-state index is -3.68. The Hall–Kier alpha value is -2.33. The van der Waals surface area contributed by atoms with Gasteiger partial charge in [-0.25, -0.2) is 12.8 Å². The molecule has 1 saturated heterocycles. The van der Waals surface area contributed by atoms with Crippen molar-refractivity contribution in [1.29, 1.82) is 0 Å². The number of hydrogen-bond donors (Lipinski definition) is 0. The molecule has 1 heterocycles.